The highest BCUT2D eigenvalue weighted by atomic mass is 16.6. The molecule has 2 N–H and O–H groups in total. The quantitative estimate of drug-likeness (QED) is 0.538. The van der Waals surface area contributed by atoms with Crippen LogP contribution in [0.15, 0.2) is 11.6 Å². The summed E-state index contributed by atoms with van der Waals surface area (Å²) in [6.07, 6.45) is 7.03. The van der Waals surface area contributed by atoms with Crippen molar-refractivity contribution < 1.29 is 29.3 Å². The van der Waals surface area contributed by atoms with Crippen molar-refractivity contribution in [2.24, 2.45) is 28.6 Å². The number of hydrogen-bond donors (Lipinski definition) is 2. The number of esters is 1. The van der Waals surface area contributed by atoms with E-state index in [0.717, 1.165) is 24.8 Å². The maximum absolute atomic E-state index is 13.0. The van der Waals surface area contributed by atoms with Crippen LogP contribution in [0.1, 0.15) is 65.2 Å². The number of epoxide rings is 1. The number of ether oxygens (including phenoxy) is 2. The molecular weight excluding hydrogens is 384 g/mol. The van der Waals surface area contributed by atoms with Gasteiger partial charge < -0.3 is 19.7 Å². The molecule has 0 aromatic heterocycles. The molecule has 6 heteroatoms. The van der Waals surface area contributed by atoms with Crippen molar-refractivity contribution in [3.8, 4) is 0 Å². The SMILES string of the molecule is COC(=O)C1CC2=CC(=O)CC[C@]2(C)[C@]23OC2C[C@@]2(C)[C@@H](CCC2(O)CCCO)[C@H]13. The maximum Gasteiger partial charge on any atom is 0.309 e. The highest BCUT2D eigenvalue weighted by Gasteiger charge is 2.82. The van der Waals surface area contributed by atoms with Gasteiger partial charge in [-0.05, 0) is 56.9 Å². The fraction of sp³-hybridized carbons (Fsp3) is 0.833. The number of hydrogen-bond acceptors (Lipinski definition) is 6. The minimum Gasteiger partial charge on any atom is -0.469 e. The van der Waals surface area contributed by atoms with Gasteiger partial charge in [0.05, 0.1) is 24.7 Å². The van der Waals surface area contributed by atoms with Gasteiger partial charge in [-0.25, -0.2) is 0 Å². The molecule has 5 rings (SSSR count). The van der Waals surface area contributed by atoms with Crippen LogP contribution >= 0.6 is 0 Å². The zero-order valence-corrected chi connectivity index (χ0v) is 18.3. The predicted octanol–water partition coefficient (Wildman–Crippen LogP) is 2.55. The first-order valence-electron chi connectivity index (χ1n) is 11.5. The number of carbonyl (C=O) groups is 2. The van der Waals surface area contributed by atoms with Crippen molar-refractivity contribution in [3.63, 3.8) is 0 Å². The molecule has 1 spiro atoms. The molecule has 1 aliphatic heterocycles. The van der Waals surface area contributed by atoms with Crippen LogP contribution < -0.4 is 0 Å². The summed E-state index contributed by atoms with van der Waals surface area (Å²) in [6, 6.07) is 0. The van der Waals surface area contributed by atoms with Crippen LogP contribution in [-0.2, 0) is 19.1 Å². The lowest BCUT2D eigenvalue weighted by molar-refractivity contribution is -0.163. The van der Waals surface area contributed by atoms with Gasteiger partial charge in [0.15, 0.2) is 5.78 Å². The van der Waals surface area contributed by atoms with Gasteiger partial charge in [0, 0.05) is 29.8 Å². The molecule has 8 atom stereocenters. The first kappa shape index (κ1) is 20.7. The third-order valence-electron chi connectivity index (χ3n) is 9.95. The summed E-state index contributed by atoms with van der Waals surface area (Å²) >= 11 is 0. The van der Waals surface area contributed by atoms with E-state index in [4.69, 9.17) is 9.47 Å². The van der Waals surface area contributed by atoms with E-state index in [-0.39, 0.29) is 53.0 Å². The van der Waals surface area contributed by atoms with Gasteiger partial charge in [-0.3, -0.25) is 9.59 Å². The summed E-state index contributed by atoms with van der Waals surface area (Å²) in [4.78, 5) is 25.2. The first-order chi connectivity index (χ1) is 14.2. The summed E-state index contributed by atoms with van der Waals surface area (Å²) < 4.78 is 11.8. The smallest absolute Gasteiger partial charge is 0.309 e. The standard InChI is InChI=1S/C24H34O6/c1-21-8-5-15(26)11-14(21)12-16(20(27)29-3)19-17-6-9-23(28,7-4-10-25)22(17,2)13-18-24(19,21)30-18/h11,16-19,25,28H,4-10,12-13H2,1-3H3/t16?,17-,18?,19-,21-,22-,23?,24-/m0/s1. The van der Waals surface area contributed by atoms with Crippen molar-refractivity contribution in [1.82, 2.24) is 0 Å². The molecule has 5 aliphatic rings. The Bertz CT molecular complexity index is 821. The molecule has 3 unspecified atom stereocenters. The van der Waals surface area contributed by atoms with E-state index >= 15 is 0 Å². The molecule has 1 heterocycles. The number of aliphatic hydroxyl groups excluding tert-OH is 1. The molecule has 166 valence electrons. The molecule has 0 aromatic carbocycles. The first-order valence-corrected chi connectivity index (χ1v) is 11.5. The van der Waals surface area contributed by atoms with Crippen molar-refractivity contribution in [2.45, 2.75) is 82.5 Å². The minimum atomic E-state index is -0.848. The molecule has 6 nitrogen and oxygen atoms in total. The van der Waals surface area contributed by atoms with E-state index in [1.165, 1.54) is 7.11 Å². The number of carbonyl (C=O) groups excluding carboxylic acids is 2. The van der Waals surface area contributed by atoms with Crippen molar-refractivity contribution in [3.05, 3.63) is 11.6 Å². The summed E-state index contributed by atoms with van der Waals surface area (Å²) in [5, 5.41) is 21.0. The van der Waals surface area contributed by atoms with E-state index < -0.39 is 11.2 Å². The Balaban J connectivity index is 1.61. The number of fused-ring (bicyclic) bond motifs is 3. The number of rotatable bonds is 4. The van der Waals surface area contributed by atoms with Crippen molar-refractivity contribution in [1.29, 1.82) is 0 Å². The average Bonchev–Trinajstić information content (AvgIpc) is 3.38. The summed E-state index contributed by atoms with van der Waals surface area (Å²) in [6.45, 7) is 4.46. The number of aliphatic hydroxyl groups is 2. The molecule has 0 radical (unpaired) electrons. The van der Waals surface area contributed by atoms with E-state index in [1.54, 1.807) is 6.08 Å². The summed E-state index contributed by atoms with van der Waals surface area (Å²) in [5.41, 5.74) is -0.841. The molecule has 4 aliphatic carbocycles. The number of ketones is 1. The highest BCUT2D eigenvalue weighted by Crippen LogP contribution is 2.77. The van der Waals surface area contributed by atoms with Gasteiger partial charge in [0.2, 0.25) is 0 Å². The molecule has 1 saturated heterocycles. The van der Waals surface area contributed by atoms with E-state index in [1.807, 2.05) is 0 Å². The topological polar surface area (TPSA) is 96.4 Å². The molecule has 0 bridgehead atoms. The Labute approximate surface area is 178 Å². The second-order valence-corrected chi connectivity index (χ2v) is 10.9. The normalized spacial score (nSPS) is 51.2. The number of methoxy groups -OCH3 is 1. The summed E-state index contributed by atoms with van der Waals surface area (Å²) in [7, 11) is 1.43. The van der Waals surface area contributed by atoms with Gasteiger partial charge in [-0.1, -0.05) is 19.4 Å². The van der Waals surface area contributed by atoms with Crippen LogP contribution in [0.4, 0.5) is 0 Å². The monoisotopic (exact) mass is 418 g/mol. The maximum atomic E-state index is 13.0. The van der Waals surface area contributed by atoms with Crippen molar-refractivity contribution in [2.75, 3.05) is 13.7 Å². The van der Waals surface area contributed by atoms with Crippen LogP contribution in [0, 0.1) is 28.6 Å². The predicted molar refractivity (Wildman–Crippen MR) is 108 cm³/mol. The fourth-order valence-electron chi connectivity index (χ4n) is 8.28. The van der Waals surface area contributed by atoms with Crippen LogP contribution in [0.5, 0.6) is 0 Å². The molecule has 0 amide bonds. The van der Waals surface area contributed by atoms with E-state index in [9.17, 15) is 19.8 Å². The van der Waals surface area contributed by atoms with Gasteiger partial charge in [-0.15, -0.1) is 0 Å². The largest absolute Gasteiger partial charge is 0.469 e. The van der Waals surface area contributed by atoms with Crippen LogP contribution in [0.2, 0.25) is 0 Å². The third kappa shape index (κ3) is 2.31. The Morgan fingerprint density at radius 1 is 1.33 bits per heavy atom. The second kappa shape index (κ2) is 6.39. The lowest BCUT2D eigenvalue weighted by Crippen LogP contribution is -2.63. The van der Waals surface area contributed by atoms with Gasteiger partial charge in [0.1, 0.15) is 5.60 Å². The molecule has 3 saturated carbocycles. The van der Waals surface area contributed by atoms with Crippen LogP contribution in [0.3, 0.4) is 0 Å². The lowest BCUT2D eigenvalue weighted by atomic mass is 9.43. The van der Waals surface area contributed by atoms with E-state index in [2.05, 4.69) is 13.8 Å². The molecular formula is C24H34O6. The Hall–Kier alpha value is -1.24. The van der Waals surface area contributed by atoms with Crippen LogP contribution in [0.25, 0.3) is 0 Å². The van der Waals surface area contributed by atoms with Gasteiger partial charge in [-0.2, -0.15) is 0 Å². The van der Waals surface area contributed by atoms with E-state index in [0.29, 0.717) is 32.1 Å². The zero-order chi connectivity index (χ0) is 21.5. The van der Waals surface area contributed by atoms with Crippen LogP contribution in [-0.4, -0.2) is 53.0 Å². The lowest BCUT2D eigenvalue weighted by Gasteiger charge is -2.58. The molecule has 4 fully saturated rings. The fourth-order valence-corrected chi connectivity index (χ4v) is 8.28. The Morgan fingerprint density at radius 3 is 2.80 bits per heavy atom. The zero-order valence-electron chi connectivity index (χ0n) is 18.3. The van der Waals surface area contributed by atoms with Crippen molar-refractivity contribution >= 4 is 11.8 Å². The highest BCUT2D eigenvalue weighted by molar-refractivity contribution is 5.92. The average molecular weight is 419 g/mol. The van der Waals surface area contributed by atoms with Gasteiger partial charge in [0.25, 0.3) is 0 Å². The minimum absolute atomic E-state index is 0.0171. The molecule has 0 aromatic rings. The molecule has 30 heavy (non-hydrogen) atoms. The Morgan fingerprint density at radius 2 is 2.10 bits per heavy atom. The summed E-state index contributed by atoms with van der Waals surface area (Å²) in [5.74, 6) is -0.315. The third-order valence-corrected chi connectivity index (χ3v) is 9.95. The van der Waals surface area contributed by atoms with Gasteiger partial charge >= 0.3 is 5.97 Å². The second-order valence-electron chi connectivity index (χ2n) is 10.9. The Kier molecular flexibility index (Phi) is 4.40.